The molecule has 0 bridgehead atoms. The Labute approximate surface area is 122 Å². The van der Waals surface area contributed by atoms with Crippen LogP contribution in [0.5, 0.6) is 0 Å². The average Bonchev–Trinajstić information content (AvgIpc) is 3.15. The van der Waals surface area contributed by atoms with E-state index in [-0.39, 0.29) is 5.54 Å². The number of nitrogens with two attached hydrogens (primary N) is 1. The maximum absolute atomic E-state index is 13.5. The van der Waals surface area contributed by atoms with Crippen molar-refractivity contribution in [2.75, 3.05) is 5.73 Å². The highest BCUT2D eigenvalue weighted by atomic mass is 19.2. The zero-order valence-electron chi connectivity index (χ0n) is 12.5. The molecule has 0 saturated heterocycles. The Morgan fingerprint density at radius 3 is 2.38 bits per heavy atom. The highest BCUT2D eigenvalue weighted by Crippen LogP contribution is 2.44. The Balaban J connectivity index is 2.17. The van der Waals surface area contributed by atoms with Crippen molar-refractivity contribution in [3.8, 4) is 11.3 Å². The fourth-order valence-corrected chi connectivity index (χ4v) is 2.63. The number of benzene rings is 1. The summed E-state index contributed by atoms with van der Waals surface area (Å²) in [5.74, 6) is 0.126. The maximum atomic E-state index is 13.5. The molecule has 5 heteroatoms. The maximum Gasteiger partial charge on any atom is 0.159 e. The second-order valence-corrected chi connectivity index (χ2v) is 6.61. The first-order valence-electron chi connectivity index (χ1n) is 7.13. The summed E-state index contributed by atoms with van der Waals surface area (Å²) >= 11 is 0. The molecule has 2 aromatic rings. The van der Waals surface area contributed by atoms with E-state index in [1.807, 2.05) is 4.57 Å². The Bertz CT molecular complexity index is 694. The lowest BCUT2D eigenvalue weighted by Crippen LogP contribution is -2.25. The molecule has 1 saturated carbocycles. The summed E-state index contributed by atoms with van der Waals surface area (Å²) in [6, 6.07) is 3.77. The van der Waals surface area contributed by atoms with E-state index in [1.54, 1.807) is 0 Å². The first-order chi connectivity index (χ1) is 9.79. The van der Waals surface area contributed by atoms with E-state index in [1.165, 1.54) is 6.07 Å². The van der Waals surface area contributed by atoms with E-state index in [4.69, 9.17) is 5.73 Å². The zero-order valence-corrected chi connectivity index (χ0v) is 12.5. The normalized spacial score (nSPS) is 15.5. The van der Waals surface area contributed by atoms with Crippen LogP contribution in [0.1, 0.15) is 45.4 Å². The van der Waals surface area contributed by atoms with Crippen LogP contribution < -0.4 is 5.73 Å². The summed E-state index contributed by atoms with van der Waals surface area (Å²) in [5.41, 5.74) is 7.10. The number of anilines is 1. The molecule has 1 aliphatic carbocycles. The Morgan fingerprint density at radius 2 is 1.86 bits per heavy atom. The number of imidazole rings is 1. The highest BCUT2D eigenvalue weighted by molar-refractivity contribution is 5.71. The van der Waals surface area contributed by atoms with Gasteiger partial charge in [0.1, 0.15) is 17.3 Å². The van der Waals surface area contributed by atoms with Gasteiger partial charge in [-0.3, -0.25) is 0 Å². The smallest absolute Gasteiger partial charge is 0.159 e. The molecule has 0 atom stereocenters. The van der Waals surface area contributed by atoms with Crippen LogP contribution in [0.3, 0.4) is 0 Å². The third-order valence-electron chi connectivity index (χ3n) is 3.75. The van der Waals surface area contributed by atoms with E-state index in [0.717, 1.165) is 30.8 Å². The summed E-state index contributed by atoms with van der Waals surface area (Å²) in [5, 5.41) is 0. The minimum Gasteiger partial charge on any atom is -0.383 e. The van der Waals surface area contributed by atoms with Crippen molar-refractivity contribution < 1.29 is 8.78 Å². The summed E-state index contributed by atoms with van der Waals surface area (Å²) < 4.78 is 28.6. The van der Waals surface area contributed by atoms with E-state index in [0.29, 0.717) is 23.0 Å². The summed E-state index contributed by atoms with van der Waals surface area (Å²) in [4.78, 5) is 4.63. The largest absolute Gasteiger partial charge is 0.383 e. The second-order valence-electron chi connectivity index (χ2n) is 6.61. The molecule has 1 aliphatic rings. The lowest BCUT2D eigenvalue weighted by Gasteiger charge is -2.25. The molecule has 1 fully saturated rings. The third-order valence-corrected chi connectivity index (χ3v) is 3.75. The van der Waals surface area contributed by atoms with Crippen LogP contribution in [0.4, 0.5) is 14.6 Å². The molecule has 3 rings (SSSR count). The highest BCUT2D eigenvalue weighted by Gasteiger charge is 2.34. The summed E-state index contributed by atoms with van der Waals surface area (Å²) in [6.07, 6.45) is 2.20. The number of nitrogens with zero attached hydrogens (tertiary/aromatic N) is 2. The van der Waals surface area contributed by atoms with E-state index in [9.17, 15) is 8.78 Å². The molecule has 3 nitrogen and oxygen atoms in total. The average molecular weight is 291 g/mol. The topological polar surface area (TPSA) is 43.8 Å². The molecular formula is C16H19F2N3. The van der Waals surface area contributed by atoms with Crippen molar-refractivity contribution >= 4 is 5.82 Å². The Morgan fingerprint density at radius 1 is 1.19 bits per heavy atom. The van der Waals surface area contributed by atoms with Crippen LogP contribution in [0.25, 0.3) is 11.3 Å². The van der Waals surface area contributed by atoms with Gasteiger partial charge in [-0.1, -0.05) is 0 Å². The molecule has 1 aromatic carbocycles. The molecule has 1 heterocycles. The van der Waals surface area contributed by atoms with Gasteiger partial charge in [0.05, 0.1) is 0 Å². The van der Waals surface area contributed by atoms with Gasteiger partial charge in [-0.2, -0.15) is 0 Å². The molecule has 0 spiro atoms. The van der Waals surface area contributed by atoms with Gasteiger partial charge in [-0.25, -0.2) is 13.8 Å². The van der Waals surface area contributed by atoms with Crippen molar-refractivity contribution in [2.24, 2.45) is 0 Å². The van der Waals surface area contributed by atoms with Crippen molar-refractivity contribution in [3.63, 3.8) is 0 Å². The number of rotatable bonds is 2. The number of hydrogen-bond donors (Lipinski definition) is 1. The Hall–Kier alpha value is -1.91. The van der Waals surface area contributed by atoms with Gasteiger partial charge in [0.25, 0.3) is 0 Å². The van der Waals surface area contributed by atoms with Gasteiger partial charge in [0.2, 0.25) is 0 Å². The van der Waals surface area contributed by atoms with Gasteiger partial charge < -0.3 is 10.3 Å². The summed E-state index contributed by atoms with van der Waals surface area (Å²) in [7, 11) is 0. The predicted octanol–water partition coefficient (Wildman–Crippen LogP) is 4.04. The lowest BCUT2D eigenvalue weighted by molar-refractivity contribution is 0.388. The van der Waals surface area contributed by atoms with E-state index >= 15 is 0 Å². The minimum absolute atomic E-state index is 0.203. The molecule has 21 heavy (non-hydrogen) atoms. The lowest BCUT2D eigenvalue weighted by atomic mass is 10.1. The van der Waals surface area contributed by atoms with Crippen molar-refractivity contribution in [2.45, 2.75) is 45.1 Å². The predicted molar refractivity (Wildman–Crippen MR) is 79.0 cm³/mol. The third kappa shape index (κ3) is 2.41. The molecule has 0 aliphatic heterocycles. The number of aromatic nitrogens is 2. The number of nitrogen functional groups attached to an aromatic ring is 1. The van der Waals surface area contributed by atoms with Gasteiger partial charge >= 0.3 is 0 Å². The van der Waals surface area contributed by atoms with Crippen LogP contribution >= 0.6 is 0 Å². The van der Waals surface area contributed by atoms with Crippen LogP contribution in [-0.4, -0.2) is 9.55 Å². The fourth-order valence-electron chi connectivity index (χ4n) is 2.63. The van der Waals surface area contributed by atoms with Crippen molar-refractivity contribution in [1.82, 2.24) is 9.55 Å². The summed E-state index contributed by atoms with van der Waals surface area (Å²) in [6.45, 7) is 6.18. The molecular weight excluding hydrogens is 272 g/mol. The fraction of sp³-hybridized carbons (Fsp3) is 0.438. The van der Waals surface area contributed by atoms with Crippen LogP contribution in [0.2, 0.25) is 0 Å². The first-order valence-corrected chi connectivity index (χ1v) is 7.13. The quantitative estimate of drug-likeness (QED) is 0.907. The second kappa shape index (κ2) is 4.55. The molecule has 0 radical (unpaired) electrons. The zero-order chi connectivity index (χ0) is 15.4. The van der Waals surface area contributed by atoms with Gasteiger partial charge in [-0.05, 0) is 51.8 Å². The molecule has 2 N–H and O–H groups in total. The van der Waals surface area contributed by atoms with Crippen molar-refractivity contribution in [3.05, 3.63) is 35.7 Å². The minimum atomic E-state index is -0.884. The van der Waals surface area contributed by atoms with Gasteiger partial charge in [0.15, 0.2) is 11.6 Å². The van der Waals surface area contributed by atoms with Crippen LogP contribution in [-0.2, 0) is 5.54 Å². The van der Waals surface area contributed by atoms with Crippen LogP contribution in [0, 0.1) is 11.6 Å². The standard InChI is InChI=1S/C16H19F2N3/c1-16(2,3)21-14(19)13(20-15(21)9-4-5-9)10-6-7-11(17)12(18)8-10/h6-9H,4-5,19H2,1-3H3. The van der Waals surface area contributed by atoms with Crippen molar-refractivity contribution in [1.29, 1.82) is 0 Å². The molecule has 0 amide bonds. The molecule has 1 aromatic heterocycles. The van der Waals surface area contributed by atoms with Crippen LogP contribution in [0.15, 0.2) is 18.2 Å². The Kier molecular flexibility index (Phi) is 3.04. The van der Waals surface area contributed by atoms with E-state index < -0.39 is 11.6 Å². The molecule has 112 valence electrons. The molecule has 0 unspecified atom stereocenters. The first kappa shape index (κ1) is 14.0. The number of halogens is 2. The van der Waals surface area contributed by atoms with E-state index in [2.05, 4.69) is 25.8 Å². The van der Waals surface area contributed by atoms with Gasteiger partial charge in [0, 0.05) is 17.0 Å². The monoisotopic (exact) mass is 291 g/mol. The number of hydrogen-bond acceptors (Lipinski definition) is 2. The van der Waals surface area contributed by atoms with Gasteiger partial charge in [-0.15, -0.1) is 0 Å². The SMILES string of the molecule is CC(C)(C)n1c(C2CC2)nc(-c2ccc(F)c(F)c2)c1N.